The molecule has 4 nitrogen and oxygen atoms in total. The Morgan fingerprint density at radius 2 is 2.00 bits per heavy atom. The van der Waals surface area contributed by atoms with Crippen LogP contribution in [0.15, 0.2) is 18.2 Å². The molecule has 0 amide bonds. The molecule has 1 saturated carbocycles. The Morgan fingerprint density at radius 1 is 1.33 bits per heavy atom. The van der Waals surface area contributed by atoms with Crippen molar-refractivity contribution < 1.29 is 15.0 Å². The number of nitrogens with zero attached hydrogens (tertiary/aromatic N) is 1. The lowest BCUT2D eigenvalue weighted by molar-refractivity contribution is 0.0918. The van der Waals surface area contributed by atoms with Crippen LogP contribution < -0.4 is 0 Å². The molecule has 98 valence electrons. The summed E-state index contributed by atoms with van der Waals surface area (Å²) >= 11 is 0. The number of benzene rings is 1. The minimum atomic E-state index is -0.153. The van der Waals surface area contributed by atoms with Gasteiger partial charge in [-0.2, -0.15) is 0 Å². The highest BCUT2D eigenvalue weighted by Gasteiger charge is 2.22. The minimum Gasteiger partial charge on any atom is -0.508 e. The first-order valence-electron chi connectivity index (χ1n) is 6.33. The third kappa shape index (κ3) is 2.82. The first-order valence-corrected chi connectivity index (χ1v) is 6.33. The number of hydrogen-bond acceptors (Lipinski definition) is 4. The maximum Gasteiger partial charge on any atom is 0.180 e. The predicted octanol–water partition coefficient (Wildman–Crippen LogP) is 2.15. The molecule has 1 aromatic rings. The van der Waals surface area contributed by atoms with Crippen molar-refractivity contribution in [3.05, 3.63) is 23.8 Å². The van der Waals surface area contributed by atoms with Gasteiger partial charge in [0, 0.05) is 12.1 Å². The van der Waals surface area contributed by atoms with E-state index in [1.807, 2.05) is 7.05 Å². The van der Waals surface area contributed by atoms with Gasteiger partial charge < -0.3 is 10.2 Å². The average Bonchev–Trinajstić information content (AvgIpc) is 2.81. The van der Waals surface area contributed by atoms with E-state index >= 15 is 0 Å². The SMILES string of the molecule is CN(CC(=O)c1ccc(O)cc1O)C1CCCC1. The van der Waals surface area contributed by atoms with Crippen LogP contribution in [0.25, 0.3) is 0 Å². The van der Waals surface area contributed by atoms with Crippen molar-refractivity contribution in [2.75, 3.05) is 13.6 Å². The van der Waals surface area contributed by atoms with E-state index in [0.717, 1.165) is 12.8 Å². The molecule has 0 heterocycles. The third-order valence-corrected chi connectivity index (χ3v) is 3.62. The summed E-state index contributed by atoms with van der Waals surface area (Å²) < 4.78 is 0. The molecule has 1 aliphatic carbocycles. The molecule has 2 rings (SSSR count). The summed E-state index contributed by atoms with van der Waals surface area (Å²) in [5.74, 6) is -0.296. The molecule has 0 radical (unpaired) electrons. The third-order valence-electron chi connectivity index (χ3n) is 3.62. The number of rotatable bonds is 4. The molecule has 2 N–H and O–H groups in total. The minimum absolute atomic E-state index is 0.0341. The lowest BCUT2D eigenvalue weighted by atomic mass is 10.1. The highest BCUT2D eigenvalue weighted by Crippen LogP contribution is 2.25. The van der Waals surface area contributed by atoms with Crippen LogP contribution in [0.1, 0.15) is 36.0 Å². The number of Topliss-reactive ketones (excluding diaryl/α,β-unsaturated/α-hetero) is 1. The number of ketones is 1. The monoisotopic (exact) mass is 249 g/mol. The zero-order chi connectivity index (χ0) is 13.1. The first kappa shape index (κ1) is 12.9. The summed E-state index contributed by atoms with van der Waals surface area (Å²) in [6.07, 6.45) is 4.75. The molecule has 0 spiro atoms. The molecule has 0 atom stereocenters. The van der Waals surface area contributed by atoms with E-state index in [2.05, 4.69) is 4.90 Å². The zero-order valence-electron chi connectivity index (χ0n) is 10.6. The Hall–Kier alpha value is -1.55. The second-order valence-corrected chi connectivity index (χ2v) is 4.98. The summed E-state index contributed by atoms with van der Waals surface area (Å²) in [5, 5.41) is 18.8. The summed E-state index contributed by atoms with van der Waals surface area (Å²) in [5.41, 5.74) is 0.276. The number of carbonyl (C=O) groups excluding carboxylic acids is 1. The van der Waals surface area contributed by atoms with Crippen LogP contribution >= 0.6 is 0 Å². The standard InChI is InChI=1S/C14H19NO3/c1-15(10-4-2-3-5-10)9-14(18)12-7-6-11(16)8-13(12)17/h6-8,10,16-17H,2-5,9H2,1H3. The van der Waals surface area contributed by atoms with Gasteiger partial charge in [0.2, 0.25) is 0 Å². The number of hydrogen-bond donors (Lipinski definition) is 2. The number of carbonyl (C=O) groups is 1. The van der Waals surface area contributed by atoms with Crippen LogP contribution in [-0.2, 0) is 0 Å². The van der Waals surface area contributed by atoms with Gasteiger partial charge >= 0.3 is 0 Å². The zero-order valence-corrected chi connectivity index (χ0v) is 10.6. The molecule has 1 fully saturated rings. The lowest BCUT2D eigenvalue weighted by Gasteiger charge is -2.23. The molecular weight excluding hydrogens is 230 g/mol. The van der Waals surface area contributed by atoms with Crippen molar-refractivity contribution in [3.63, 3.8) is 0 Å². The fourth-order valence-electron chi connectivity index (χ4n) is 2.54. The fraction of sp³-hybridized carbons (Fsp3) is 0.500. The second-order valence-electron chi connectivity index (χ2n) is 4.98. The fourth-order valence-corrected chi connectivity index (χ4v) is 2.54. The van der Waals surface area contributed by atoms with E-state index in [4.69, 9.17) is 0 Å². The van der Waals surface area contributed by atoms with Crippen LogP contribution in [-0.4, -0.2) is 40.5 Å². The van der Waals surface area contributed by atoms with Crippen LogP contribution in [0, 0.1) is 0 Å². The Labute approximate surface area is 107 Å². The lowest BCUT2D eigenvalue weighted by Crippen LogP contribution is -2.34. The topological polar surface area (TPSA) is 60.8 Å². The highest BCUT2D eigenvalue weighted by molar-refractivity contribution is 6.00. The Bertz CT molecular complexity index is 439. The van der Waals surface area contributed by atoms with E-state index < -0.39 is 0 Å². The van der Waals surface area contributed by atoms with Crippen molar-refractivity contribution >= 4 is 5.78 Å². The molecular formula is C14H19NO3. The summed E-state index contributed by atoms with van der Waals surface area (Å²) in [7, 11) is 1.95. The molecule has 0 bridgehead atoms. The number of likely N-dealkylation sites (N-methyl/N-ethyl adjacent to an activating group) is 1. The summed E-state index contributed by atoms with van der Waals surface area (Å²) in [6, 6.07) is 4.56. The average molecular weight is 249 g/mol. The highest BCUT2D eigenvalue weighted by atomic mass is 16.3. The normalized spacial score (nSPS) is 16.3. The van der Waals surface area contributed by atoms with Crippen LogP contribution in [0.3, 0.4) is 0 Å². The van der Waals surface area contributed by atoms with Gasteiger partial charge in [0.15, 0.2) is 5.78 Å². The molecule has 0 unspecified atom stereocenters. The van der Waals surface area contributed by atoms with E-state index in [1.54, 1.807) is 0 Å². The summed E-state index contributed by atoms with van der Waals surface area (Å²) in [4.78, 5) is 14.1. The van der Waals surface area contributed by atoms with E-state index in [0.29, 0.717) is 12.6 Å². The van der Waals surface area contributed by atoms with Crippen molar-refractivity contribution in [2.24, 2.45) is 0 Å². The largest absolute Gasteiger partial charge is 0.508 e. The molecule has 1 aromatic carbocycles. The van der Waals surface area contributed by atoms with Crippen molar-refractivity contribution in [2.45, 2.75) is 31.7 Å². The van der Waals surface area contributed by atoms with Gasteiger partial charge in [-0.1, -0.05) is 12.8 Å². The van der Waals surface area contributed by atoms with Crippen LogP contribution in [0.5, 0.6) is 11.5 Å². The predicted molar refractivity (Wildman–Crippen MR) is 69.0 cm³/mol. The number of phenolic OH excluding ortho intramolecular Hbond substituents is 2. The molecule has 0 aliphatic heterocycles. The van der Waals surface area contributed by atoms with E-state index in [-0.39, 0.29) is 22.8 Å². The quantitative estimate of drug-likeness (QED) is 0.803. The number of aromatic hydroxyl groups is 2. The number of phenols is 2. The van der Waals surface area contributed by atoms with Crippen molar-refractivity contribution in [1.29, 1.82) is 0 Å². The molecule has 0 saturated heterocycles. The molecule has 4 heteroatoms. The molecule has 1 aliphatic rings. The van der Waals surface area contributed by atoms with E-state index in [1.165, 1.54) is 31.0 Å². The Balaban J connectivity index is 2.02. The van der Waals surface area contributed by atoms with Gasteiger partial charge in [0.1, 0.15) is 11.5 Å². The van der Waals surface area contributed by atoms with Gasteiger partial charge in [-0.3, -0.25) is 9.69 Å². The van der Waals surface area contributed by atoms with Gasteiger partial charge in [-0.05, 0) is 32.0 Å². The van der Waals surface area contributed by atoms with Crippen LogP contribution in [0.4, 0.5) is 0 Å². The van der Waals surface area contributed by atoms with Gasteiger partial charge in [-0.15, -0.1) is 0 Å². The second kappa shape index (κ2) is 5.40. The van der Waals surface area contributed by atoms with Gasteiger partial charge in [0.05, 0.1) is 12.1 Å². The van der Waals surface area contributed by atoms with Gasteiger partial charge in [-0.25, -0.2) is 0 Å². The molecule has 18 heavy (non-hydrogen) atoms. The Kier molecular flexibility index (Phi) is 3.87. The van der Waals surface area contributed by atoms with E-state index in [9.17, 15) is 15.0 Å². The van der Waals surface area contributed by atoms with Gasteiger partial charge in [0.25, 0.3) is 0 Å². The molecule has 0 aromatic heterocycles. The summed E-state index contributed by atoms with van der Waals surface area (Å²) in [6.45, 7) is 0.309. The van der Waals surface area contributed by atoms with Crippen molar-refractivity contribution in [3.8, 4) is 11.5 Å². The maximum atomic E-state index is 12.1. The Morgan fingerprint density at radius 3 is 2.61 bits per heavy atom. The smallest absolute Gasteiger partial charge is 0.180 e. The maximum absolute atomic E-state index is 12.1. The van der Waals surface area contributed by atoms with Crippen molar-refractivity contribution in [1.82, 2.24) is 4.90 Å². The first-order chi connectivity index (χ1) is 8.58. The van der Waals surface area contributed by atoms with Crippen LogP contribution in [0.2, 0.25) is 0 Å².